The number of rotatable bonds is 7. The van der Waals surface area contributed by atoms with Gasteiger partial charge in [-0.15, -0.1) is 0 Å². The Bertz CT molecular complexity index is 817. The van der Waals surface area contributed by atoms with E-state index in [2.05, 4.69) is 5.32 Å². The zero-order chi connectivity index (χ0) is 20.6. The first-order valence-electron chi connectivity index (χ1n) is 9.69. The standard InChI is InChI=1S/C22H24Cl2N2O3/c23-17-4-1-16(2-5-17)3-10-22(28)26-13-11-19(12-14-26)25-21(27)15-29-20-8-6-18(24)7-9-20/h1-2,4-9,19H,3,10-15H2,(H,25,27). The predicted octanol–water partition coefficient (Wildman–Crippen LogP) is 4.11. The maximum absolute atomic E-state index is 12.4. The van der Waals surface area contributed by atoms with Gasteiger partial charge in [-0.2, -0.15) is 0 Å². The largest absolute Gasteiger partial charge is 0.484 e. The van der Waals surface area contributed by atoms with Crippen molar-refractivity contribution in [1.29, 1.82) is 0 Å². The predicted molar refractivity (Wildman–Crippen MR) is 114 cm³/mol. The maximum Gasteiger partial charge on any atom is 0.258 e. The lowest BCUT2D eigenvalue weighted by atomic mass is 10.0. The minimum atomic E-state index is -0.160. The lowest BCUT2D eigenvalue weighted by Crippen LogP contribution is -2.47. The molecule has 1 N–H and O–H groups in total. The van der Waals surface area contributed by atoms with Crippen LogP contribution >= 0.6 is 23.2 Å². The summed E-state index contributed by atoms with van der Waals surface area (Å²) >= 11 is 11.7. The highest BCUT2D eigenvalue weighted by atomic mass is 35.5. The number of amides is 2. The Morgan fingerprint density at radius 3 is 2.17 bits per heavy atom. The minimum Gasteiger partial charge on any atom is -0.484 e. The molecule has 0 aromatic heterocycles. The van der Waals surface area contributed by atoms with Gasteiger partial charge in [0.2, 0.25) is 5.91 Å². The van der Waals surface area contributed by atoms with Crippen LogP contribution in [0.4, 0.5) is 0 Å². The summed E-state index contributed by atoms with van der Waals surface area (Å²) in [5, 5.41) is 4.30. The van der Waals surface area contributed by atoms with E-state index < -0.39 is 0 Å². The Hall–Kier alpha value is -2.24. The van der Waals surface area contributed by atoms with Gasteiger partial charge in [0.25, 0.3) is 5.91 Å². The third-order valence-electron chi connectivity index (χ3n) is 4.94. The van der Waals surface area contributed by atoms with Crippen LogP contribution in [0.15, 0.2) is 48.5 Å². The van der Waals surface area contributed by atoms with E-state index in [1.807, 2.05) is 29.2 Å². The molecule has 1 aliphatic rings. The maximum atomic E-state index is 12.4. The number of hydrogen-bond acceptors (Lipinski definition) is 3. The number of aryl methyl sites for hydroxylation is 1. The van der Waals surface area contributed by atoms with Gasteiger partial charge in [0.1, 0.15) is 5.75 Å². The molecule has 0 radical (unpaired) electrons. The highest BCUT2D eigenvalue weighted by Gasteiger charge is 2.23. The number of carbonyl (C=O) groups excluding carboxylic acids is 2. The molecular formula is C22H24Cl2N2O3. The fourth-order valence-corrected chi connectivity index (χ4v) is 3.53. The Kier molecular flexibility index (Phi) is 7.78. The summed E-state index contributed by atoms with van der Waals surface area (Å²) in [6, 6.07) is 14.5. The summed E-state index contributed by atoms with van der Waals surface area (Å²) in [6.45, 7) is 1.27. The summed E-state index contributed by atoms with van der Waals surface area (Å²) in [6.07, 6.45) is 2.68. The van der Waals surface area contributed by atoms with Crippen molar-refractivity contribution < 1.29 is 14.3 Å². The van der Waals surface area contributed by atoms with Crippen LogP contribution in [0, 0.1) is 0 Å². The van der Waals surface area contributed by atoms with Crippen molar-refractivity contribution in [1.82, 2.24) is 10.2 Å². The van der Waals surface area contributed by atoms with Gasteiger partial charge >= 0.3 is 0 Å². The zero-order valence-corrected chi connectivity index (χ0v) is 17.6. The van der Waals surface area contributed by atoms with E-state index in [1.54, 1.807) is 24.3 Å². The Morgan fingerprint density at radius 1 is 0.966 bits per heavy atom. The molecule has 29 heavy (non-hydrogen) atoms. The highest BCUT2D eigenvalue weighted by Crippen LogP contribution is 2.16. The van der Waals surface area contributed by atoms with E-state index in [9.17, 15) is 9.59 Å². The summed E-state index contributed by atoms with van der Waals surface area (Å²) in [4.78, 5) is 26.4. The molecule has 0 saturated carbocycles. The van der Waals surface area contributed by atoms with Crippen molar-refractivity contribution >= 4 is 35.0 Å². The van der Waals surface area contributed by atoms with E-state index in [1.165, 1.54) is 0 Å². The van der Waals surface area contributed by atoms with Crippen molar-refractivity contribution in [3.63, 3.8) is 0 Å². The molecule has 2 amide bonds. The molecule has 3 rings (SSSR count). The summed E-state index contributed by atoms with van der Waals surface area (Å²) in [7, 11) is 0. The van der Waals surface area contributed by atoms with Crippen molar-refractivity contribution in [3.8, 4) is 5.75 Å². The number of nitrogens with zero attached hydrogens (tertiary/aromatic N) is 1. The van der Waals surface area contributed by atoms with Crippen molar-refractivity contribution in [2.24, 2.45) is 0 Å². The quantitative estimate of drug-likeness (QED) is 0.712. The fraction of sp³-hybridized carbons (Fsp3) is 0.364. The molecule has 0 spiro atoms. The van der Waals surface area contributed by atoms with Gasteiger partial charge in [-0.1, -0.05) is 35.3 Å². The third-order valence-corrected chi connectivity index (χ3v) is 5.44. The molecule has 154 valence electrons. The Balaban J connectivity index is 1.34. The smallest absolute Gasteiger partial charge is 0.258 e. The summed E-state index contributed by atoms with van der Waals surface area (Å²) in [5.74, 6) is 0.592. The number of likely N-dealkylation sites (tertiary alicyclic amines) is 1. The van der Waals surface area contributed by atoms with Crippen LogP contribution in [-0.4, -0.2) is 42.5 Å². The fourth-order valence-electron chi connectivity index (χ4n) is 3.28. The molecule has 0 bridgehead atoms. The number of benzene rings is 2. The van der Waals surface area contributed by atoms with Gasteiger partial charge in [0.05, 0.1) is 0 Å². The Morgan fingerprint density at radius 2 is 1.55 bits per heavy atom. The SMILES string of the molecule is O=C(COc1ccc(Cl)cc1)NC1CCN(C(=O)CCc2ccc(Cl)cc2)CC1. The van der Waals surface area contributed by atoms with Gasteiger partial charge in [-0.05, 0) is 61.2 Å². The van der Waals surface area contributed by atoms with Crippen LogP contribution in [0.2, 0.25) is 10.0 Å². The van der Waals surface area contributed by atoms with Crippen molar-refractivity contribution in [3.05, 3.63) is 64.1 Å². The van der Waals surface area contributed by atoms with Crippen LogP contribution in [0.3, 0.4) is 0 Å². The number of nitrogens with one attached hydrogen (secondary N) is 1. The monoisotopic (exact) mass is 434 g/mol. The van der Waals surface area contributed by atoms with Crippen LogP contribution in [0.5, 0.6) is 5.75 Å². The second-order valence-electron chi connectivity index (χ2n) is 7.09. The van der Waals surface area contributed by atoms with Crippen LogP contribution in [-0.2, 0) is 16.0 Å². The molecular weight excluding hydrogens is 411 g/mol. The van der Waals surface area contributed by atoms with Gasteiger partial charge in [-0.3, -0.25) is 9.59 Å². The first kappa shape index (κ1) is 21.5. The van der Waals surface area contributed by atoms with Gasteiger partial charge in [0.15, 0.2) is 6.61 Å². The average Bonchev–Trinajstić information content (AvgIpc) is 2.73. The van der Waals surface area contributed by atoms with Gasteiger partial charge in [0, 0.05) is 35.6 Å². The first-order chi connectivity index (χ1) is 14.0. The molecule has 2 aromatic carbocycles. The van der Waals surface area contributed by atoms with Crippen LogP contribution in [0.25, 0.3) is 0 Å². The second kappa shape index (κ2) is 10.5. The number of hydrogen-bond donors (Lipinski definition) is 1. The number of halogens is 2. The third kappa shape index (κ3) is 6.94. The van der Waals surface area contributed by atoms with Gasteiger partial charge in [-0.25, -0.2) is 0 Å². The van der Waals surface area contributed by atoms with Crippen molar-refractivity contribution in [2.75, 3.05) is 19.7 Å². The number of piperidine rings is 1. The molecule has 1 saturated heterocycles. The van der Waals surface area contributed by atoms with E-state index in [-0.39, 0.29) is 24.5 Å². The molecule has 1 fully saturated rings. The van der Waals surface area contributed by atoms with E-state index in [0.717, 1.165) is 18.4 Å². The molecule has 5 nitrogen and oxygen atoms in total. The Labute approximate surface area is 180 Å². The molecule has 1 aliphatic heterocycles. The van der Waals surface area contributed by atoms with E-state index in [4.69, 9.17) is 27.9 Å². The minimum absolute atomic E-state index is 0.0398. The molecule has 0 atom stereocenters. The van der Waals surface area contributed by atoms with E-state index >= 15 is 0 Å². The molecule has 1 heterocycles. The molecule has 2 aromatic rings. The molecule has 0 aliphatic carbocycles. The second-order valence-corrected chi connectivity index (χ2v) is 7.96. The van der Waals surface area contributed by atoms with E-state index in [0.29, 0.717) is 41.7 Å². The normalized spacial score (nSPS) is 14.5. The summed E-state index contributed by atoms with van der Waals surface area (Å²) in [5.41, 5.74) is 1.10. The first-order valence-corrected chi connectivity index (χ1v) is 10.4. The highest BCUT2D eigenvalue weighted by molar-refractivity contribution is 6.30. The van der Waals surface area contributed by atoms with Gasteiger partial charge < -0.3 is 15.0 Å². The van der Waals surface area contributed by atoms with Crippen LogP contribution in [0.1, 0.15) is 24.8 Å². The average molecular weight is 435 g/mol. The zero-order valence-electron chi connectivity index (χ0n) is 16.1. The lowest BCUT2D eigenvalue weighted by molar-refractivity contribution is -0.132. The summed E-state index contributed by atoms with van der Waals surface area (Å²) < 4.78 is 5.46. The number of carbonyl (C=O) groups is 2. The molecule has 0 unspecified atom stereocenters. The van der Waals surface area contributed by atoms with Crippen molar-refractivity contribution in [2.45, 2.75) is 31.7 Å². The lowest BCUT2D eigenvalue weighted by Gasteiger charge is -2.32. The molecule has 7 heteroatoms. The van der Waals surface area contributed by atoms with Crippen LogP contribution < -0.4 is 10.1 Å². The topological polar surface area (TPSA) is 58.6 Å². The number of ether oxygens (including phenoxy) is 1.